The molecule has 0 fully saturated rings. The maximum absolute atomic E-state index is 14.1. The molecular weight excluding hydrogens is 614 g/mol. The summed E-state index contributed by atoms with van der Waals surface area (Å²) in [7, 11) is 7.91. The first kappa shape index (κ1) is 44.9. The lowest BCUT2D eigenvalue weighted by Gasteiger charge is -2.38. The summed E-state index contributed by atoms with van der Waals surface area (Å²) in [5.74, 6) is -1.82. The average molecular weight is 682 g/mol. The van der Waals surface area contributed by atoms with Gasteiger partial charge in [-0.25, -0.2) is 0 Å². The molecule has 0 bridgehead atoms. The van der Waals surface area contributed by atoms with Crippen molar-refractivity contribution in [2.75, 3.05) is 41.8 Å². The fraction of sp³-hybridized carbons (Fsp3) is 0.829. The normalized spacial score (nSPS) is 14.7. The molecule has 0 aromatic carbocycles. The van der Waals surface area contributed by atoms with Crippen molar-refractivity contribution in [2.45, 2.75) is 125 Å². The largest absolute Gasteiger partial charge is 0.357 e. The third-order valence-electron chi connectivity index (χ3n) is 8.77. The first-order chi connectivity index (χ1) is 22.2. The van der Waals surface area contributed by atoms with Gasteiger partial charge >= 0.3 is 0 Å². The van der Waals surface area contributed by atoms with E-state index in [9.17, 15) is 28.8 Å². The van der Waals surface area contributed by atoms with Crippen LogP contribution in [0.5, 0.6) is 0 Å². The van der Waals surface area contributed by atoms with Gasteiger partial charge in [-0.1, -0.05) is 55.4 Å². The highest BCUT2D eigenvalue weighted by Gasteiger charge is 2.39. The Morgan fingerprint density at radius 2 is 1.10 bits per heavy atom. The predicted octanol–water partition coefficient (Wildman–Crippen LogP) is 2.00. The number of imide groups is 1. The Kier molecular flexibility index (Phi) is 20.4. The van der Waals surface area contributed by atoms with E-state index in [2.05, 4.69) is 35.1 Å². The molecule has 6 amide bonds. The number of nitrogens with zero attached hydrogens (tertiary/aromatic N) is 3. The molecule has 0 aliphatic rings. The Bertz CT molecular complexity index is 1060. The Morgan fingerprint density at radius 3 is 1.56 bits per heavy atom. The predicted molar refractivity (Wildman–Crippen MR) is 190 cm³/mol. The van der Waals surface area contributed by atoms with E-state index in [0.29, 0.717) is 31.6 Å². The molecular formula is C35H67N7O6. The molecule has 0 radical (unpaired) electrons. The summed E-state index contributed by atoms with van der Waals surface area (Å²) in [5, 5.41) is 10.9. The number of amides is 6. The zero-order valence-corrected chi connectivity index (χ0v) is 32.2. The molecule has 0 aliphatic carbocycles. The zero-order valence-electron chi connectivity index (χ0n) is 32.2. The van der Waals surface area contributed by atoms with Crippen LogP contribution in [0.15, 0.2) is 0 Å². The lowest BCUT2D eigenvalue weighted by atomic mass is 9.96. The van der Waals surface area contributed by atoms with E-state index < -0.39 is 47.9 Å². The third-order valence-corrected chi connectivity index (χ3v) is 8.77. The van der Waals surface area contributed by atoms with Crippen LogP contribution in [0.3, 0.4) is 0 Å². The van der Waals surface area contributed by atoms with Gasteiger partial charge in [-0.15, -0.1) is 0 Å². The second-order valence-electron chi connectivity index (χ2n) is 14.6. The fourth-order valence-electron chi connectivity index (χ4n) is 5.53. The SMILES string of the molecule is CNC(=O)[C@H](C(C)C)N(C)C(=O)[C@H](CCC(C)C)N(C)C(=O)[C@@H](CC(C)C)N(C)C(=O)CN[C@H](C)C(=O)NC(=O)[C@H](CCC(C)C)NC. The van der Waals surface area contributed by atoms with Crippen molar-refractivity contribution < 1.29 is 28.8 Å². The third kappa shape index (κ3) is 14.6. The van der Waals surface area contributed by atoms with Gasteiger partial charge in [-0.2, -0.15) is 0 Å². The van der Waals surface area contributed by atoms with Crippen molar-refractivity contribution in [3.63, 3.8) is 0 Å². The van der Waals surface area contributed by atoms with Gasteiger partial charge in [0.15, 0.2) is 0 Å². The molecule has 0 rings (SSSR count). The zero-order chi connectivity index (χ0) is 37.5. The van der Waals surface area contributed by atoms with Crippen LogP contribution >= 0.6 is 0 Å². The van der Waals surface area contributed by atoms with Gasteiger partial charge in [-0.3, -0.25) is 39.4 Å². The Labute approximate surface area is 290 Å². The maximum atomic E-state index is 14.1. The van der Waals surface area contributed by atoms with Gasteiger partial charge in [0.05, 0.1) is 18.6 Å². The highest BCUT2D eigenvalue weighted by Crippen LogP contribution is 2.21. The summed E-state index contributed by atoms with van der Waals surface area (Å²) in [6.45, 7) is 17.2. The molecule has 278 valence electrons. The summed E-state index contributed by atoms with van der Waals surface area (Å²) in [5.41, 5.74) is 0. The first-order valence-electron chi connectivity index (χ1n) is 17.5. The summed E-state index contributed by atoms with van der Waals surface area (Å²) in [6, 6.07) is -3.78. The van der Waals surface area contributed by atoms with Crippen LogP contribution in [-0.2, 0) is 28.8 Å². The molecule has 0 saturated heterocycles. The molecule has 0 saturated carbocycles. The molecule has 5 atom stereocenters. The summed E-state index contributed by atoms with van der Waals surface area (Å²) in [6.07, 6.45) is 2.84. The van der Waals surface area contributed by atoms with E-state index >= 15 is 0 Å². The minimum absolute atomic E-state index is 0.0492. The van der Waals surface area contributed by atoms with Crippen LogP contribution in [0.1, 0.15) is 94.4 Å². The van der Waals surface area contributed by atoms with Gasteiger partial charge in [0.1, 0.15) is 18.1 Å². The van der Waals surface area contributed by atoms with E-state index in [1.807, 2.05) is 41.5 Å². The Hall–Kier alpha value is -3.06. The fourth-order valence-corrected chi connectivity index (χ4v) is 5.53. The van der Waals surface area contributed by atoms with Crippen LogP contribution in [0.4, 0.5) is 0 Å². The second-order valence-corrected chi connectivity index (χ2v) is 14.6. The van der Waals surface area contributed by atoms with E-state index in [1.165, 1.54) is 21.7 Å². The highest BCUT2D eigenvalue weighted by molar-refractivity contribution is 6.00. The van der Waals surface area contributed by atoms with Crippen molar-refractivity contribution in [3.8, 4) is 0 Å². The minimum Gasteiger partial charge on any atom is -0.357 e. The average Bonchev–Trinajstić information content (AvgIpc) is 3.00. The van der Waals surface area contributed by atoms with Crippen molar-refractivity contribution in [3.05, 3.63) is 0 Å². The number of carbonyl (C=O) groups is 6. The molecule has 0 unspecified atom stereocenters. The van der Waals surface area contributed by atoms with Crippen LogP contribution in [0, 0.1) is 23.7 Å². The number of hydrogen-bond donors (Lipinski definition) is 4. The van der Waals surface area contributed by atoms with Crippen LogP contribution in [0.2, 0.25) is 0 Å². The number of likely N-dealkylation sites (N-methyl/N-ethyl adjacent to an activating group) is 5. The molecule has 13 nitrogen and oxygen atoms in total. The van der Waals surface area contributed by atoms with Crippen molar-refractivity contribution in [2.24, 2.45) is 23.7 Å². The summed E-state index contributed by atoms with van der Waals surface area (Å²) >= 11 is 0. The van der Waals surface area contributed by atoms with E-state index in [1.54, 1.807) is 35.1 Å². The lowest BCUT2D eigenvalue weighted by Crippen LogP contribution is -2.59. The standard InChI is InChI=1S/C35H67N7O6/c1-21(2)15-17-26(36-10)32(45)39-31(44)25(9)38-20-29(43)40(12)28(19-23(5)6)35(48)41(13)27(18-16-22(3)4)34(47)42(14)30(24(7)8)33(46)37-11/h21-28,30,36,38H,15-20H2,1-14H3,(H,37,46)(H,39,44,45)/t25-,26+,27+,28-,30+/m1/s1. The molecule has 0 spiro atoms. The molecule has 0 aliphatic heterocycles. The van der Waals surface area contributed by atoms with Gasteiger partial charge in [-0.05, 0) is 69.7 Å². The molecule has 13 heteroatoms. The van der Waals surface area contributed by atoms with Gasteiger partial charge in [0, 0.05) is 28.2 Å². The van der Waals surface area contributed by atoms with E-state index in [4.69, 9.17) is 0 Å². The van der Waals surface area contributed by atoms with Gasteiger partial charge < -0.3 is 25.3 Å². The first-order valence-corrected chi connectivity index (χ1v) is 17.5. The van der Waals surface area contributed by atoms with Crippen molar-refractivity contribution in [1.82, 2.24) is 36.0 Å². The monoisotopic (exact) mass is 682 g/mol. The summed E-state index contributed by atoms with van der Waals surface area (Å²) < 4.78 is 0. The highest BCUT2D eigenvalue weighted by atomic mass is 16.2. The molecule has 0 aromatic rings. The topological polar surface area (TPSA) is 160 Å². The summed E-state index contributed by atoms with van der Waals surface area (Å²) in [4.78, 5) is 83.8. The second kappa shape index (κ2) is 21.8. The van der Waals surface area contributed by atoms with Crippen LogP contribution in [0.25, 0.3) is 0 Å². The van der Waals surface area contributed by atoms with E-state index in [-0.39, 0.29) is 42.0 Å². The van der Waals surface area contributed by atoms with Crippen LogP contribution in [-0.4, -0.2) is 122 Å². The number of nitrogens with one attached hydrogen (secondary N) is 4. The number of carbonyl (C=O) groups excluding carboxylic acids is 6. The molecule has 48 heavy (non-hydrogen) atoms. The minimum atomic E-state index is -0.869. The van der Waals surface area contributed by atoms with Crippen LogP contribution < -0.4 is 21.3 Å². The van der Waals surface area contributed by atoms with Crippen molar-refractivity contribution >= 4 is 35.4 Å². The Morgan fingerprint density at radius 1 is 0.583 bits per heavy atom. The number of hydrogen-bond acceptors (Lipinski definition) is 8. The van der Waals surface area contributed by atoms with E-state index in [0.717, 1.165) is 6.42 Å². The number of rotatable bonds is 21. The van der Waals surface area contributed by atoms with Gasteiger partial charge in [0.2, 0.25) is 35.4 Å². The molecule has 0 heterocycles. The quantitative estimate of drug-likeness (QED) is 0.143. The smallest absolute Gasteiger partial charge is 0.245 e. The van der Waals surface area contributed by atoms with Crippen molar-refractivity contribution in [1.29, 1.82) is 0 Å². The maximum Gasteiger partial charge on any atom is 0.245 e. The Balaban J connectivity index is 5.92. The molecule has 4 N–H and O–H groups in total. The lowest BCUT2D eigenvalue weighted by molar-refractivity contribution is -0.152. The van der Waals surface area contributed by atoms with Gasteiger partial charge in [0.25, 0.3) is 0 Å². The molecule has 0 aromatic heterocycles.